The molecule has 1 aliphatic rings. The molecular formula is C21H24FN5O2S. The van der Waals surface area contributed by atoms with Crippen LogP contribution in [0.2, 0.25) is 0 Å². The third-order valence-electron chi connectivity index (χ3n) is 5.28. The molecule has 0 N–H and O–H groups in total. The third kappa shape index (κ3) is 3.81. The molecule has 1 amide bonds. The first kappa shape index (κ1) is 20.5. The van der Waals surface area contributed by atoms with E-state index >= 15 is 0 Å². The smallest absolute Gasteiger partial charge is 0.294 e. The first-order valence-electron chi connectivity index (χ1n) is 10.0. The number of hydrogen-bond acceptors (Lipinski definition) is 6. The first-order chi connectivity index (χ1) is 14.3. The van der Waals surface area contributed by atoms with Crippen molar-refractivity contribution in [1.82, 2.24) is 19.7 Å². The zero-order valence-electron chi connectivity index (χ0n) is 17.3. The van der Waals surface area contributed by atoms with Gasteiger partial charge in [0.1, 0.15) is 12.4 Å². The predicted molar refractivity (Wildman–Crippen MR) is 116 cm³/mol. The first-order valence-corrected chi connectivity index (χ1v) is 10.8. The van der Waals surface area contributed by atoms with Crippen molar-refractivity contribution < 1.29 is 9.18 Å². The van der Waals surface area contributed by atoms with Crippen molar-refractivity contribution >= 4 is 33.1 Å². The quantitative estimate of drug-likeness (QED) is 0.638. The molecule has 0 aliphatic carbocycles. The molecule has 9 heteroatoms. The van der Waals surface area contributed by atoms with Gasteiger partial charge in [0.25, 0.3) is 5.56 Å². The van der Waals surface area contributed by atoms with Crippen molar-refractivity contribution in [3.05, 3.63) is 51.1 Å². The zero-order valence-corrected chi connectivity index (χ0v) is 18.1. The molecule has 0 unspecified atom stereocenters. The van der Waals surface area contributed by atoms with Gasteiger partial charge in [-0.05, 0) is 19.1 Å². The lowest BCUT2D eigenvalue weighted by atomic mass is 10.2. The second-order valence-electron chi connectivity index (χ2n) is 7.75. The highest BCUT2D eigenvalue weighted by Gasteiger charge is 2.24. The van der Waals surface area contributed by atoms with Gasteiger partial charge in [-0.1, -0.05) is 26.0 Å². The number of carbonyl (C=O) groups excluding carboxylic acids is 1. The molecule has 1 fully saturated rings. The highest BCUT2D eigenvalue weighted by atomic mass is 32.1. The number of hydrogen-bond donors (Lipinski definition) is 0. The minimum atomic E-state index is -0.336. The van der Waals surface area contributed by atoms with E-state index < -0.39 is 0 Å². The molecule has 30 heavy (non-hydrogen) atoms. The minimum Gasteiger partial charge on any atom is -0.366 e. The van der Waals surface area contributed by atoms with Gasteiger partial charge in [-0.25, -0.2) is 14.1 Å². The van der Waals surface area contributed by atoms with E-state index in [4.69, 9.17) is 0 Å². The summed E-state index contributed by atoms with van der Waals surface area (Å²) in [5.41, 5.74) is 1.30. The maximum atomic E-state index is 14.0. The van der Waals surface area contributed by atoms with Gasteiger partial charge in [0.15, 0.2) is 5.52 Å². The fraction of sp³-hybridized carbons (Fsp3) is 0.429. The molecule has 3 aromatic rings. The number of halogens is 1. The van der Waals surface area contributed by atoms with Crippen LogP contribution in [0.5, 0.6) is 0 Å². The van der Waals surface area contributed by atoms with Crippen LogP contribution in [0.25, 0.3) is 10.2 Å². The molecule has 0 bridgehead atoms. The predicted octanol–water partition coefficient (Wildman–Crippen LogP) is 2.77. The molecule has 0 atom stereocenters. The normalized spacial score (nSPS) is 14.7. The van der Waals surface area contributed by atoms with Crippen LogP contribution in [-0.4, -0.2) is 51.8 Å². The maximum absolute atomic E-state index is 14.0. The van der Waals surface area contributed by atoms with Crippen molar-refractivity contribution in [3.8, 4) is 0 Å². The molecule has 0 saturated carbocycles. The summed E-state index contributed by atoms with van der Waals surface area (Å²) in [5.74, 6) is -0.210. The number of carbonyl (C=O) groups is 1. The lowest BCUT2D eigenvalue weighted by Crippen LogP contribution is -2.50. The summed E-state index contributed by atoms with van der Waals surface area (Å²) in [4.78, 5) is 33.8. The topological polar surface area (TPSA) is 71.3 Å². The van der Waals surface area contributed by atoms with E-state index in [-0.39, 0.29) is 29.7 Å². The monoisotopic (exact) mass is 429 g/mol. The number of nitrogens with zero attached hydrogens (tertiary/aromatic N) is 5. The van der Waals surface area contributed by atoms with Crippen LogP contribution in [0.3, 0.4) is 0 Å². The number of thiazole rings is 1. The molecule has 4 rings (SSSR count). The van der Waals surface area contributed by atoms with E-state index in [1.807, 2.05) is 25.7 Å². The zero-order chi connectivity index (χ0) is 21.4. The molecule has 0 radical (unpaired) electrons. The Balaban J connectivity index is 1.48. The standard InChI is InChI=1S/C21H24FN5O2S/c1-13(2)20-23-18-19(30-20)14(3)24-27(21(18)29)12-17(28)26-10-8-25(9-11-26)16-7-5-4-6-15(16)22/h4-7,13H,8-12H2,1-3H3. The number of para-hydroxylation sites is 1. The molecular weight excluding hydrogens is 405 g/mol. The van der Waals surface area contributed by atoms with Gasteiger partial charge in [0.05, 0.1) is 21.1 Å². The average molecular weight is 430 g/mol. The largest absolute Gasteiger partial charge is 0.366 e. The van der Waals surface area contributed by atoms with E-state index in [0.717, 1.165) is 9.71 Å². The second-order valence-corrected chi connectivity index (χ2v) is 8.78. The Kier molecular flexibility index (Phi) is 5.55. The Labute approximate surface area is 177 Å². The number of benzene rings is 1. The van der Waals surface area contributed by atoms with Gasteiger partial charge in [-0.3, -0.25) is 9.59 Å². The Morgan fingerprint density at radius 2 is 1.90 bits per heavy atom. The Hall–Kier alpha value is -2.81. The van der Waals surface area contributed by atoms with Crippen molar-refractivity contribution in [2.45, 2.75) is 33.2 Å². The van der Waals surface area contributed by atoms with Crippen molar-refractivity contribution in [2.75, 3.05) is 31.1 Å². The Morgan fingerprint density at radius 1 is 1.20 bits per heavy atom. The Morgan fingerprint density at radius 3 is 2.57 bits per heavy atom. The average Bonchev–Trinajstić information content (AvgIpc) is 3.19. The summed E-state index contributed by atoms with van der Waals surface area (Å²) in [6.45, 7) is 7.79. The van der Waals surface area contributed by atoms with E-state index in [9.17, 15) is 14.0 Å². The lowest BCUT2D eigenvalue weighted by molar-refractivity contribution is -0.132. The number of anilines is 1. The fourth-order valence-electron chi connectivity index (χ4n) is 3.61. The van der Waals surface area contributed by atoms with Crippen molar-refractivity contribution in [1.29, 1.82) is 0 Å². The van der Waals surface area contributed by atoms with E-state index in [1.54, 1.807) is 23.1 Å². The van der Waals surface area contributed by atoms with Crippen LogP contribution in [0, 0.1) is 12.7 Å². The lowest BCUT2D eigenvalue weighted by Gasteiger charge is -2.36. The summed E-state index contributed by atoms with van der Waals surface area (Å²) in [6, 6.07) is 6.64. The van der Waals surface area contributed by atoms with Gasteiger partial charge in [0.2, 0.25) is 5.91 Å². The number of rotatable bonds is 4. The molecule has 1 aliphatic heterocycles. The molecule has 158 valence electrons. The van der Waals surface area contributed by atoms with Crippen LogP contribution in [0.1, 0.15) is 30.5 Å². The van der Waals surface area contributed by atoms with E-state index in [2.05, 4.69) is 10.1 Å². The summed E-state index contributed by atoms with van der Waals surface area (Å²) in [6.07, 6.45) is 0. The molecule has 0 spiro atoms. The van der Waals surface area contributed by atoms with Crippen molar-refractivity contribution in [2.24, 2.45) is 0 Å². The summed E-state index contributed by atoms with van der Waals surface area (Å²) in [7, 11) is 0. The third-order valence-corrected chi connectivity index (χ3v) is 6.75. The van der Waals surface area contributed by atoms with E-state index in [1.165, 1.54) is 22.1 Å². The number of amides is 1. The van der Waals surface area contributed by atoms with Gasteiger partial charge in [0, 0.05) is 32.1 Å². The number of piperazine rings is 1. The Bertz CT molecular complexity index is 1150. The number of aryl methyl sites for hydroxylation is 1. The maximum Gasteiger partial charge on any atom is 0.294 e. The SMILES string of the molecule is Cc1nn(CC(=O)N2CCN(c3ccccc3F)CC2)c(=O)c2nc(C(C)C)sc12. The van der Waals surface area contributed by atoms with Gasteiger partial charge >= 0.3 is 0 Å². The van der Waals surface area contributed by atoms with Crippen LogP contribution in [0.15, 0.2) is 29.1 Å². The molecule has 1 saturated heterocycles. The van der Waals surface area contributed by atoms with Crippen LogP contribution < -0.4 is 10.5 Å². The molecule has 1 aromatic carbocycles. The van der Waals surface area contributed by atoms with Gasteiger partial charge < -0.3 is 9.80 Å². The van der Waals surface area contributed by atoms with Crippen molar-refractivity contribution in [3.63, 3.8) is 0 Å². The van der Waals surface area contributed by atoms with Crippen LogP contribution in [-0.2, 0) is 11.3 Å². The summed E-state index contributed by atoms with van der Waals surface area (Å²) in [5, 5.41) is 5.24. The van der Waals surface area contributed by atoms with E-state index in [0.29, 0.717) is 43.1 Å². The van der Waals surface area contributed by atoms with Gasteiger partial charge in [-0.2, -0.15) is 5.10 Å². The molecule has 7 nitrogen and oxygen atoms in total. The second kappa shape index (κ2) is 8.14. The highest BCUT2D eigenvalue weighted by molar-refractivity contribution is 7.18. The molecule has 2 aromatic heterocycles. The minimum absolute atomic E-state index is 0.121. The highest BCUT2D eigenvalue weighted by Crippen LogP contribution is 2.27. The fourth-order valence-corrected chi connectivity index (χ4v) is 4.61. The summed E-state index contributed by atoms with van der Waals surface area (Å²) < 4.78 is 16.0. The number of fused-ring (bicyclic) bond motifs is 1. The number of aromatic nitrogens is 3. The van der Waals surface area contributed by atoms with Crippen LogP contribution in [0.4, 0.5) is 10.1 Å². The summed E-state index contributed by atoms with van der Waals surface area (Å²) >= 11 is 1.48. The van der Waals surface area contributed by atoms with Crippen LogP contribution >= 0.6 is 11.3 Å². The van der Waals surface area contributed by atoms with Gasteiger partial charge in [-0.15, -0.1) is 11.3 Å². The molecule has 3 heterocycles.